The predicted octanol–water partition coefficient (Wildman–Crippen LogP) is -0.0160. The first kappa shape index (κ1) is 9.34. The van der Waals surface area contributed by atoms with Crippen LogP contribution < -0.4 is 0 Å². The van der Waals surface area contributed by atoms with Crippen LogP contribution in [0.3, 0.4) is 0 Å². The summed E-state index contributed by atoms with van der Waals surface area (Å²) in [7, 11) is 1.60. The summed E-state index contributed by atoms with van der Waals surface area (Å²) < 4.78 is 1.72. The molecule has 0 saturated carbocycles. The van der Waals surface area contributed by atoms with Crippen molar-refractivity contribution in [3.8, 4) is 0 Å². The van der Waals surface area contributed by atoms with Gasteiger partial charge in [-0.25, -0.2) is 4.68 Å². The number of rotatable bonds is 2. The topological polar surface area (TPSA) is 68.0 Å². The van der Waals surface area contributed by atoms with Crippen LogP contribution >= 0.6 is 15.9 Å². The number of halogens is 1. The Morgan fingerprint density at radius 2 is 2.33 bits per heavy atom. The van der Waals surface area contributed by atoms with Crippen LogP contribution in [0.2, 0.25) is 0 Å². The van der Waals surface area contributed by atoms with Gasteiger partial charge in [-0.2, -0.15) is 0 Å². The van der Waals surface area contributed by atoms with Crippen LogP contribution in [0, 0.1) is 0 Å². The van der Waals surface area contributed by atoms with E-state index in [4.69, 9.17) is 0 Å². The van der Waals surface area contributed by atoms with Crippen LogP contribution in [-0.2, 0) is 17.4 Å². The summed E-state index contributed by atoms with van der Waals surface area (Å²) in [6, 6.07) is 0. The number of nitrogens with zero attached hydrogens (tertiary/aromatic N) is 3. The molecule has 1 aromatic heterocycles. The third-order valence-electron chi connectivity index (χ3n) is 1.49. The van der Waals surface area contributed by atoms with Crippen molar-refractivity contribution >= 4 is 22.2 Å². The van der Waals surface area contributed by atoms with Gasteiger partial charge in [0.15, 0.2) is 16.5 Å². The van der Waals surface area contributed by atoms with E-state index >= 15 is 0 Å². The lowest BCUT2D eigenvalue weighted by molar-refractivity contribution is -0.123. The zero-order valence-corrected chi connectivity index (χ0v) is 8.24. The van der Waals surface area contributed by atoms with Crippen molar-refractivity contribution in [2.45, 2.75) is 12.5 Å². The summed E-state index contributed by atoms with van der Waals surface area (Å²) in [5.41, 5.74) is -1.20. The van der Waals surface area contributed by atoms with E-state index in [0.29, 0.717) is 16.6 Å². The van der Waals surface area contributed by atoms with Crippen molar-refractivity contribution in [3.63, 3.8) is 0 Å². The highest BCUT2D eigenvalue weighted by Gasteiger charge is 2.29. The Hall–Kier alpha value is -0.750. The zero-order valence-electron chi connectivity index (χ0n) is 6.65. The van der Waals surface area contributed by atoms with Crippen LogP contribution in [0.15, 0.2) is 4.60 Å². The molecule has 1 rings (SSSR count). The molecule has 1 aromatic rings. The lowest BCUT2D eigenvalue weighted by Crippen LogP contribution is -2.26. The van der Waals surface area contributed by atoms with E-state index in [-0.39, 0.29) is 0 Å². The maximum absolute atomic E-state index is 10.5. The van der Waals surface area contributed by atoms with Gasteiger partial charge in [-0.1, -0.05) is 5.21 Å². The summed E-state index contributed by atoms with van der Waals surface area (Å²) in [4.78, 5) is 10.5. The summed E-state index contributed by atoms with van der Waals surface area (Å²) in [5.74, 6) is 0. The van der Waals surface area contributed by atoms with Crippen molar-refractivity contribution < 1.29 is 9.90 Å². The van der Waals surface area contributed by atoms with Crippen LogP contribution in [0.5, 0.6) is 0 Å². The molecular formula is C6H8BrN3O2. The molecule has 0 aliphatic carbocycles. The second-order valence-corrected chi connectivity index (χ2v) is 3.37. The second-order valence-electron chi connectivity index (χ2n) is 2.62. The second kappa shape index (κ2) is 2.95. The standard InChI is InChI=1S/C6H8BrN3O2/c1-6(12,3-11)4-5(7)8-9-10(4)2/h3,12H,1-2H3. The average molecular weight is 234 g/mol. The zero-order chi connectivity index (χ0) is 9.35. The van der Waals surface area contributed by atoms with Gasteiger partial charge in [0.25, 0.3) is 0 Å². The predicted molar refractivity (Wildman–Crippen MR) is 44.3 cm³/mol. The number of aliphatic hydroxyl groups is 1. The fourth-order valence-electron chi connectivity index (χ4n) is 0.924. The molecule has 0 saturated heterocycles. The monoisotopic (exact) mass is 233 g/mol. The van der Waals surface area contributed by atoms with Crippen molar-refractivity contribution in [1.29, 1.82) is 0 Å². The normalized spacial score (nSPS) is 15.7. The Kier molecular flexibility index (Phi) is 2.29. The number of aromatic nitrogens is 3. The van der Waals surface area contributed by atoms with Crippen LogP contribution in [0.4, 0.5) is 0 Å². The van der Waals surface area contributed by atoms with E-state index in [9.17, 15) is 9.90 Å². The number of aldehydes is 1. The summed E-state index contributed by atoms with van der Waals surface area (Å²) in [6.07, 6.45) is 0.441. The Morgan fingerprint density at radius 3 is 2.67 bits per heavy atom. The molecule has 0 aliphatic rings. The average Bonchev–Trinajstić information content (AvgIpc) is 2.31. The molecule has 66 valence electrons. The minimum atomic E-state index is -1.54. The van der Waals surface area contributed by atoms with Gasteiger partial charge in [0.2, 0.25) is 0 Å². The van der Waals surface area contributed by atoms with Gasteiger partial charge in [-0.15, -0.1) is 5.10 Å². The van der Waals surface area contributed by atoms with E-state index < -0.39 is 5.60 Å². The first-order chi connectivity index (χ1) is 5.49. The van der Waals surface area contributed by atoms with Crippen LogP contribution in [0.25, 0.3) is 0 Å². The highest BCUT2D eigenvalue weighted by atomic mass is 79.9. The molecule has 12 heavy (non-hydrogen) atoms. The molecule has 0 fully saturated rings. The Morgan fingerprint density at radius 1 is 1.75 bits per heavy atom. The first-order valence-corrected chi connectivity index (χ1v) is 4.02. The number of aryl methyl sites for hydroxylation is 1. The molecule has 0 spiro atoms. The Balaban J connectivity index is 3.25. The van der Waals surface area contributed by atoms with Gasteiger partial charge in [0, 0.05) is 7.05 Å². The number of hydrogen-bond acceptors (Lipinski definition) is 4. The van der Waals surface area contributed by atoms with Gasteiger partial charge in [0.05, 0.1) is 0 Å². The summed E-state index contributed by atoms with van der Waals surface area (Å²) in [5, 5.41) is 16.8. The van der Waals surface area contributed by atoms with Gasteiger partial charge in [0.1, 0.15) is 5.69 Å². The molecule has 0 bridgehead atoms. The van der Waals surface area contributed by atoms with Crippen LogP contribution in [0.1, 0.15) is 12.6 Å². The number of hydrogen-bond donors (Lipinski definition) is 1. The third-order valence-corrected chi connectivity index (χ3v) is 2.03. The molecule has 1 unspecified atom stereocenters. The van der Waals surface area contributed by atoms with E-state index in [1.165, 1.54) is 11.6 Å². The van der Waals surface area contributed by atoms with Crippen molar-refractivity contribution in [1.82, 2.24) is 15.0 Å². The molecular weight excluding hydrogens is 226 g/mol. The van der Waals surface area contributed by atoms with Gasteiger partial charge >= 0.3 is 0 Å². The molecule has 0 aliphatic heterocycles. The summed E-state index contributed by atoms with van der Waals surface area (Å²) in [6.45, 7) is 1.38. The lowest BCUT2D eigenvalue weighted by atomic mass is 10.1. The Labute approximate surface area is 77.5 Å². The lowest BCUT2D eigenvalue weighted by Gasteiger charge is -2.14. The maximum atomic E-state index is 10.5. The molecule has 1 N–H and O–H groups in total. The first-order valence-electron chi connectivity index (χ1n) is 3.23. The fourth-order valence-corrected chi connectivity index (χ4v) is 1.65. The molecule has 0 radical (unpaired) electrons. The fraction of sp³-hybridized carbons (Fsp3) is 0.500. The Bertz CT molecular complexity index is 288. The van der Waals surface area contributed by atoms with E-state index in [2.05, 4.69) is 26.2 Å². The van der Waals surface area contributed by atoms with Crippen molar-refractivity contribution in [2.24, 2.45) is 7.05 Å². The summed E-state index contributed by atoms with van der Waals surface area (Å²) >= 11 is 3.08. The number of carbonyl (C=O) groups excluding carboxylic acids is 1. The SMILES string of the molecule is Cn1nnc(Br)c1C(C)(O)C=O. The van der Waals surface area contributed by atoms with E-state index in [1.807, 2.05) is 0 Å². The van der Waals surface area contributed by atoms with E-state index in [0.717, 1.165) is 0 Å². The number of carbonyl (C=O) groups is 1. The molecule has 1 heterocycles. The molecule has 0 aromatic carbocycles. The maximum Gasteiger partial charge on any atom is 0.161 e. The van der Waals surface area contributed by atoms with E-state index in [1.54, 1.807) is 7.05 Å². The quantitative estimate of drug-likeness (QED) is 0.730. The highest BCUT2D eigenvalue weighted by molar-refractivity contribution is 9.10. The molecule has 6 heteroatoms. The molecule has 0 amide bonds. The smallest absolute Gasteiger partial charge is 0.161 e. The van der Waals surface area contributed by atoms with Crippen LogP contribution in [-0.4, -0.2) is 26.4 Å². The molecule has 5 nitrogen and oxygen atoms in total. The minimum Gasteiger partial charge on any atom is -0.376 e. The molecule has 1 atom stereocenters. The van der Waals surface area contributed by atoms with Crippen molar-refractivity contribution in [2.75, 3.05) is 0 Å². The van der Waals surface area contributed by atoms with Gasteiger partial charge < -0.3 is 5.11 Å². The van der Waals surface area contributed by atoms with Gasteiger partial charge in [-0.05, 0) is 22.9 Å². The van der Waals surface area contributed by atoms with Crippen molar-refractivity contribution in [3.05, 3.63) is 10.3 Å². The highest BCUT2D eigenvalue weighted by Crippen LogP contribution is 2.23. The van der Waals surface area contributed by atoms with Gasteiger partial charge in [-0.3, -0.25) is 4.79 Å². The largest absolute Gasteiger partial charge is 0.376 e. The third kappa shape index (κ3) is 1.39. The minimum absolute atomic E-state index is 0.345.